The Kier molecular flexibility index (Phi) is 3.87. The van der Waals surface area contributed by atoms with Crippen molar-refractivity contribution in [1.29, 1.82) is 0 Å². The van der Waals surface area contributed by atoms with Gasteiger partial charge in [0.1, 0.15) is 17.4 Å². The first kappa shape index (κ1) is 13.6. The van der Waals surface area contributed by atoms with Gasteiger partial charge in [0.2, 0.25) is 0 Å². The van der Waals surface area contributed by atoms with E-state index in [2.05, 4.69) is 4.98 Å². The Morgan fingerprint density at radius 2 is 2.16 bits per heavy atom. The first-order valence-corrected chi connectivity index (χ1v) is 5.91. The number of anilines is 1. The van der Waals surface area contributed by atoms with Crippen LogP contribution in [0.3, 0.4) is 0 Å². The summed E-state index contributed by atoms with van der Waals surface area (Å²) in [6.07, 6.45) is 1.41. The molecule has 2 aromatic rings. The predicted molar refractivity (Wildman–Crippen MR) is 72.6 cm³/mol. The van der Waals surface area contributed by atoms with Crippen molar-refractivity contribution in [3.63, 3.8) is 0 Å². The van der Waals surface area contributed by atoms with Crippen molar-refractivity contribution in [2.75, 3.05) is 12.8 Å². The standard InChI is InChI=1S/C13H13ClFN3O/c1-19-10-4-2-3-9(15)11(10)12(16)8-5-7(14)6-18-13(8)17/h2-6,12H,16H2,1H3,(H2,17,18). The molecule has 0 aliphatic heterocycles. The molecule has 1 aromatic carbocycles. The molecule has 0 radical (unpaired) electrons. The van der Waals surface area contributed by atoms with E-state index >= 15 is 0 Å². The van der Waals surface area contributed by atoms with Gasteiger partial charge in [-0.1, -0.05) is 17.7 Å². The van der Waals surface area contributed by atoms with Gasteiger partial charge < -0.3 is 16.2 Å². The summed E-state index contributed by atoms with van der Waals surface area (Å²) in [7, 11) is 1.45. The number of pyridine rings is 1. The first-order valence-electron chi connectivity index (χ1n) is 5.53. The maximum absolute atomic E-state index is 14.0. The smallest absolute Gasteiger partial charge is 0.132 e. The molecule has 1 heterocycles. The zero-order valence-corrected chi connectivity index (χ0v) is 11.0. The average Bonchev–Trinajstić information content (AvgIpc) is 2.40. The Hall–Kier alpha value is -1.85. The van der Waals surface area contributed by atoms with E-state index in [0.717, 1.165) is 0 Å². The van der Waals surface area contributed by atoms with Crippen molar-refractivity contribution >= 4 is 17.4 Å². The van der Waals surface area contributed by atoms with Crippen LogP contribution in [0.1, 0.15) is 17.2 Å². The third-order valence-electron chi connectivity index (χ3n) is 2.80. The predicted octanol–water partition coefficient (Wildman–Crippen LogP) is 2.51. The monoisotopic (exact) mass is 281 g/mol. The highest BCUT2D eigenvalue weighted by Crippen LogP contribution is 2.33. The summed E-state index contributed by atoms with van der Waals surface area (Å²) in [5.74, 6) is 0.0975. The Morgan fingerprint density at radius 1 is 1.42 bits per heavy atom. The molecule has 0 saturated heterocycles. The number of nitrogen functional groups attached to an aromatic ring is 1. The minimum absolute atomic E-state index is 0.210. The lowest BCUT2D eigenvalue weighted by molar-refractivity contribution is 0.402. The lowest BCUT2D eigenvalue weighted by Crippen LogP contribution is -2.17. The van der Waals surface area contributed by atoms with E-state index in [1.807, 2.05) is 0 Å². The van der Waals surface area contributed by atoms with Gasteiger partial charge in [-0.3, -0.25) is 0 Å². The Morgan fingerprint density at radius 3 is 2.84 bits per heavy atom. The molecule has 1 atom stereocenters. The Balaban J connectivity index is 2.55. The number of nitrogens with zero attached hydrogens (tertiary/aromatic N) is 1. The second kappa shape index (κ2) is 5.42. The van der Waals surface area contributed by atoms with Gasteiger partial charge in [-0.15, -0.1) is 0 Å². The maximum Gasteiger partial charge on any atom is 0.132 e. The van der Waals surface area contributed by atoms with Crippen molar-refractivity contribution in [2.24, 2.45) is 5.73 Å². The van der Waals surface area contributed by atoms with Crippen LogP contribution >= 0.6 is 11.6 Å². The van der Waals surface area contributed by atoms with Crippen molar-refractivity contribution < 1.29 is 9.13 Å². The molecule has 1 unspecified atom stereocenters. The quantitative estimate of drug-likeness (QED) is 0.906. The summed E-state index contributed by atoms with van der Waals surface area (Å²) in [6, 6.07) is 5.25. The zero-order valence-electron chi connectivity index (χ0n) is 10.2. The Labute approximate surface area is 115 Å². The largest absolute Gasteiger partial charge is 0.496 e. The molecule has 4 N–H and O–H groups in total. The number of methoxy groups -OCH3 is 1. The van der Waals surface area contributed by atoms with Gasteiger partial charge in [-0.05, 0) is 18.2 Å². The molecule has 6 heteroatoms. The van der Waals surface area contributed by atoms with Crippen LogP contribution in [-0.4, -0.2) is 12.1 Å². The van der Waals surface area contributed by atoms with Gasteiger partial charge in [0.25, 0.3) is 0 Å². The lowest BCUT2D eigenvalue weighted by atomic mass is 9.98. The summed E-state index contributed by atoms with van der Waals surface area (Å²) in [4.78, 5) is 3.91. The van der Waals surface area contributed by atoms with Crippen molar-refractivity contribution in [2.45, 2.75) is 6.04 Å². The molecular weight excluding hydrogens is 269 g/mol. The van der Waals surface area contributed by atoms with Crippen molar-refractivity contribution in [1.82, 2.24) is 4.98 Å². The summed E-state index contributed by atoms with van der Waals surface area (Å²) >= 11 is 5.86. The van der Waals surface area contributed by atoms with Gasteiger partial charge in [-0.25, -0.2) is 9.37 Å². The Bertz CT molecular complexity index is 606. The van der Waals surface area contributed by atoms with Crippen LogP contribution < -0.4 is 16.2 Å². The van der Waals surface area contributed by atoms with Crippen LogP contribution in [-0.2, 0) is 0 Å². The minimum atomic E-state index is -0.803. The SMILES string of the molecule is COc1cccc(F)c1C(N)c1cc(Cl)cnc1N. The maximum atomic E-state index is 14.0. The third kappa shape index (κ3) is 2.62. The summed E-state index contributed by atoms with van der Waals surface area (Å²) < 4.78 is 19.1. The number of ether oxygens (including phenoxy) is 1. The summed E-state index contributed by atoms with van der Waals surface area (Å²) in [5, 5.41) is 0.384. The van der Waals surface area contributed by atoms with Gasteiger partial charge in [0, 0.05) is 11.8 Å². The third-order valence-corrected chi connectivity index (χ3v) is 3.00. The van der Waals surface area contributed by atoms with Crippen molar-refractivity contribution in [3.8, 4) is 5.75 Å². The summed E-state index contributed by atoms with van der Waals surface area (Å²) in [5.41, 5.74) is 12.5. The number of aromatic nitrogens is 1. The van der Waals surface area contributed by atoms with Gasteiger partial charge in [0.05, 0.1) is 23.7 Å². The van der Waals surface area contributed by atoms with Crippen LogP contribution in [0.4, 0.5) is 10.2 Å². The minimum Gasteiger partial charge on any atom is -0.496 e. The number of rotatable bonds is 3. The van der Waals surface area contributed by atoms with Crippen LogP contribution in [0.25, 0.3) is 0 Å². The van der Waals surface area contributed by atoms with Crippen LogP contribution in [0, 0.1) is 5.82 Å². The highest BCUT2D eigenvalue weighted by molar-refractivity contribution is 6.30. The molecule has 2 rings (SSSR count). The van der Waals surface area contributed by atoms with Gasteiger partial charge in [-0.2, -0.15) is 0 Å². The molecule has 0 amide bonds. The van der Waals surface area contributed by atoms with E-state index in [1.165, 1.54) is 19.4 Å². The van der Waals surface area contributed by atoms with Crippen LogP contribution in [0.15, 0.2) is 30.5 Å². The molecule has 4 nitrogen and oxygen atoms in total. The molecule has 19 heavy (non-hydrogen) atoms. The highest BCUT2D eigenvalue weighted by atomic mass is 35.5. The molecule has 0 aliphatic carbocycles. The van der Waals surface area contributed by atoms with E-state index in [9.17, 15) is 4.39 Å². The topological polar surface area (TPSA) is 74.2 Å². The lowest BCUT2D eigenvalue weighted by Gasteiger charge is -2.18. The second-order valence-corrected chi connectivity index (χ2v) is 4.40. The molecule has 1 aromatic heterocycles. The molecule has 0 bridgehead atoms. The number of benzene rings is 1. The van der Waals surface area contributed by atoms with E-state index in [4.69, 9.17) is 27.8 Å². The van der Waals surface area contributed by atoms with Crippen molar-refractivity contribution in [3.05, 3.63) is 52.4 Å². The number of hydrogen-bond acceptors (Lipinski definition) is 4. The molecule has 0 spiro atoms. The number of nitrogens with two attached hydrogens (primary N) is 2. The zero-order chi connectivity index (χ0) is 14.0. The normalized spacial score (nSPS) is 12.2. The molecule has 0 fully saturated rings. The van der Waals surface area contributed by atoms with E-state index < -0.39 is 11.9 Å². The number of halogens is 2. The number of hydrogen-bond donors (Lipinski definition) is 2. The van der Waals surface area contributed by atoms with Crippen LogP contribution in [0.5, 0.6) is 5.75 Å². The second-order valence-electron chi connectivity index (χ2n) is 3.96. The van der Waals surface area contributed by atoms with Gasteiger partial charge >= 0.3 is 0 Å². The van der Waals surface area contributed by atoms with E-state index in [-0.39, 0.29) is 11.4 Å². The average molecular weight is 282 g/mol. The molecule has 0 saturated carbocycles. The van der Waals surface area contributed by atoms with E-state index in [0.29, 0.717) is 16.3 Å². The fraction of sp³-hybridized carbons (Fsp3) is 0.154. The fourth-order valence-electron chi connectivity index (χ4n) is 1.87. The van der Waals surface area contributed by atoms with Gasteiger partial charge in [0.15, 0.2) is 0 Å². The molecule has 100 valence electrons. The molecule has 0 aliphatic rings. The highest BCUT2D eigenvalue weighted by Gasteiger charge is 2.21. The fourth-order valence-corrected chi connectivity index (χ4v) is 2.03. The van der Waals surface area contributed by atoms with E-state index in [1.54, 1.807) is 18.2 Å². The summed E-state index contributed by atoms with van der Waals surface area (Å²) in [6.45, 7) is 0. The first-order chi connectivity index (χ1) is 9.04. The molecular formula is C13H13ClFN3O. The van der Waals surface area contributed by atoms with Crippen LogP contribution in [0.2, 0.25) is 5.02 Å².